The van der Waals surface area contributed by atoms with Crippen molar-refractivity contribution < 1.29 is 9.52 Å². The molecule has 0 fully saturated rings. The Morgan fingerprint density at radius 1 is 1.62 bits per heavy atom. The van der Waals surface area contributed by atoms with E-state index < -0.39 is 5.60 Å². The Kier molecular flexibility index (Phi) is 1.81. The molecule has 70 valence electrons. The van der Waals surface area contributed by atoms with Crippen LogP contribution in [0.5, 0.6) is 0 Å². The minimum Gasteiger partial charge on any atom is -0.469 e. The van der Waals surface area contributed by atoms with Gasteiger partial charge in [0.1, 0.15) is 5.76 Å². The Hall–Kier alpha value is -1.02. The summed E-state index contributed by atoms with van der Waals surface area (Å²) < 4.78 is 5.32. The molecular weight excluding hydrogens is 164 g/mol. The Balaban J connectivity index is 2.37. The summed E-state index contributed by atoms with van der Waals surface area (Å²) in [4.78, 5) is 0. The molecule has 0 aliphatic heterocycles. The predicted octanol–water partition coefficient (Wildman–Crippen LogP) is 2.46. The third-order valence-corrected chi connectivity index (χ3v) is 2.74. The van der Waals surface area contributed by atoms with Gasteiger partial charge in [-0.3, -0.25) is 0 Å². The average Bonchev–Trinajstić information content (AvgIpc) is 2.60. The molecular formula is C11H14O2. The fourth-order valence-corrected chi connectivity index (χ4v) is 2.08. The second-order valence-electron chi connectivity index (χ2n) is 3.96. The molecule has 1 aliphatic rings. The first-order valence-electron chi connectivity index (χ1n) is 4.54. The lowest BCUT2D eigenvalue weighted by atomic mass is 9.87. The summed E-state index contributed by atoms with van der Waals surface area (Å²) in [6.45, 7) is 3.89. The van der Waals surface area contributed by atoms with Crippen molar-refractivity contribution in [3.63, 3.8) is 0 Å². The minimum absolute atomic E-state index is 0.0301. The van der Waals surface area contributed by atoms with Gasteiger partial charge in [0.15, 0.2) is 0 Å². The van der Waals surface area contributed by atoms with Gasteiger partial charge in [0.05, 0.1) is 17.8 Å². The minimum atomic E-state index is -0.679. The van der Waals surface area contributed by atoms with Gasteiger partial charge in [-0.2, -0.15) is 0 Å². The smallest absolute Gasteiger partial charge is 0.113 e. The van der Waals surface area contributed by atoms with Gasteiger partial charge in [-0.1, -0.05) is 11.6 Å². The molecule has 0 saturated carbocycles. The van der Waals surface area contributed by atoms with Gasteiger partial charge < -0.3 is 9.52 Å². The summed E-state index contributed by atoms with van der Waals surface area (Å²) >= 11 is 0. The zero-order valence-corrected chi connectivity index (χ0v) is 7.95. The lowest BCUT2D eigenvalue weighted by Crippen LogP contribution is -2.28. The number of hydrogen-bond acceptors (Lipinski definition) is 2. The van der Waals surface area contributed by atoms with Gasteiger partial charge in [-0.25, -0.2) is 0 Å². The van der Waals surface area contributed by atoms with E-state index in [0.717, 1.165) is 5.76 Å². The summed E-state index contributed by atoms with van der Waals surface area (Å²) in [5.74, 6) is 0.888. The highest BCUT2D eigenvalue weighted by Crippen LogP contribution is 2.42. The van der Waals surface area contributed by atoms with Crippen LogP contribution in [0, 0.1) is 0 Å². The van der Waals surface area contributed by atoms with E-state index in [1.807, 2.05) is 26.0 Å². The molecule has 2 atom stereocenters. The molecule has 1 aromatic heterocycles. The van der Waals surface area contributed by atoms with Crippen LogP contribution < -0.4 is 0 Å². The van der Waals surface area contributed by atoms with Gasteiger partial charge in [-0.05, 0) is 32.4 Å². The first-order chi connectivity index (χ1) is 6.11. The molecule has 1 aromatic rings. The summed E-state index contributed by atoms with van der Waals surface area (Å²) in [6.07, 6.45) is 4.44. The number of aliphatic hydroxyl groups is 1. The molecule has 1 heterocycles. The van der Waals surface area contributed by atoms with E-state index in [1.165, 1.54) is 5.57 Å². The van der Waals surface area contributed by atoms with Gasteiger partial charge in [-0.15, -0.1) is 0 Å². The maximum atomic E-state index is 10.1. The van der Waals surface area contributed by atoms with E-state index in [2.05, 4.69) is 6.08 Å². The van der Waals surface area contributed by atoms with Crippen molar-refractivity contribution in [2.45, 2.75) is 31.8 Å². The molecule has 13 heavy (non-hydrogen) atoms. The summed E-state index contributed by atoms with van der Waals surface area (Å²) in [7, 11) is 0. The van der Waals surface area contributed by atoms with E-state index in [0.29, 0.717) is 6.42 Å². The van der Waals surface area contributed by atoms with Crippen LogP contribution in [0.2, 0.25) is 0 Å². The fraction of sp³-hybridized carbons (Fsp3) is 0.455. The van der Waals surface area contributed by atoms with Crippen LogP contribution in [-0.2, 0) is 0 Å². The number of furan rings is 1. The molecule has 0 spiro atoms. The first kappa shape index (κ1) is 8.57. The summed E-state index contributed by atoms with van der Waals surface area (Å²) in [5, 5.41) is 10.1. The Bertz CT molecular complexity index is 320. The van der Waals surface area contributed by atoms with Crippen LogP contribution in [0.25, 0.3) is 0 Å². The van der Waals surface area contributed by atoms with E-state index in [-0.39, 0.29) is 5.92 Å². The maximum absolute atomic E-state index is 10.1. The third-order valence-electron chi connectivity index (χ3n) is 2.74. The van der Waals surface area contributed by atoms with Crippen LogP contribution >= 0.6 is 0 Å². The molecule has 1 N–H and O–H groups in total. The van der Waals surface area contributed by atoms with Crippen LogP contribution in [0.3, 0.4) is 0 Å². The maximum Gasteiger partial charge on any atom is 0.113 e. The van der Waals surface area contributed by atoms with Crippen LogP contribution in [-0.4, -0.2) is 10.7 Å². The van der Waals surface area contributed by atoms with Crippen molar-refractivity contribution in [3.05, 3.63) is 35.8 Å². The molecule has 0 amide bonds. The van der Waals surface area contributed by atoms with Crippen molar-refractivity contribution >= 4 is 0 Å². The second kappa shape index (κ2) is 2.74. The number of rotatable bonds is 1. The van der Waals surface area contributed by atoms with Gasteiger partial charge >= 0.3 is 0 Å². The monoisotopic (exact) mass is 178 g/mol. The predicted molar refractivity (Wildman–Crippen MR) is 50.4 cm³/mol. The van der Waals surface area contributed by atoms with Crippen molar-refractivity contribution in [2.75, 3.05) is 0 Å². The quantitative estimate of drug-likeness (QED) is 0.670. The highest BCUT2D eigenvalue weighted by molar-refractivity contribution is 5.30. The van der Waals surface area contributed by atoms with Gasteiger partial charge in [0, 0.05) is 0 Å². The average molecular weight is 178 g/mol. The van der Waals surface area contributed by atoms with Crippen molar-refractivity contribution in [1.82, 2.24) is 0 Å². The Labute approximate surface area is 77.9 Å². The topological polar surface area (TPSA) is 33.4 Å². The van der Waals surface area contributed by atoms with E-state index in [9.17, 15) is 5.11 Å². The zero-order chi connectivity index (χ0) is 9.47. The summed E-state index contributed by atoms with van der Waals surface area (Å²) in [5.41, 5.74) is 0.516. The van der Waals surface area contributed by atoms with Crippen LogP contribution in [0.1, 0.15) is 31.9 Å². The SMILES string of the molecule is CC1=CC[C@](C)(O)[C@H]1c1ccco1. The first-order valence-corrected chi connectivity index (χ1v) is 4.54. The van der Waals surface area contributed by atoms with E-state index in [4.69, 9.17) is 4.42 Å². The third kappa shape index (κ3) is 1.31. The lowest BCUT2D eigenvalue weighted by Gasteiger charge is -2.25. The standard InChI is InChI=1S/C11H14O2/c1-8-5-6-11(2,12)10(8)9-4-3-7-13-9/h3-5,7,10,12H,6H2,1-2H3/t10-,11+/m1/s1. The van der Waals surface area contributed by atoms with E-state index in [1.54, 1.807) is 6.26 Å². The lowest BCUT2D eigenvalue weighted by molar-refractivity contribution is 0.0484. The van der Waals surface area contributed by atoms with E-state index >= 15 is 0 Å². The normalized spacial score (nSPS) is 33.5. The van der Waals surface area contributed by atoms with Crippen molar-refractivity contribution in [1.29, 1.82) is 0 Å². The zero-order valence-electron chi connectivity index (χ0n) is 7.95. The molecule has 0 unspecified atom stereocenters. The molecule has 2 rings (SSSR count). The van der Waals surface area contributed by atoms with Crippen molar-refractivity contribution in [3.8, 4) is 0 Å². The molecule has 0 saturated heterocycles. The Morgan fingerprint density at radius 3 is 2.85 bits per heavy atom. The molecule has 1 aliphatic carbocycles. The second-order valence-corrected chi connectivity index (χ2v) is 3.96. The summed E-state index contributed by atoms with van der Waals surface area (Å²) in [6, 6.07) is 3.78. The molecule has 2 heteroatoms. The van der Waals surface area contributed by atoms with Gasteiger partial charge in [0.25, 0.3) is 0 Å². The molecule has 0 bridgehead atoms. The number of hydrogen-bond donors (Lipinski definition) is 1. The fourth-order valence-electron chi connectivity index (χ4n) is 2.08. The van der Waals surface area contributed by atoms with Gasteiger partial charge in [0.2, 0.25) is 0 Å². The molecule has 0 aromatic carbocycles. The van der Waals surface area contributed by atoms with Crippen LogP contribution in [0.4, 0.5) is 0 Å². The van der Waals surface area contributed by atoms with Crippen LogP contribution in [0.15, 0.2) is 34.5 Å². The van der Waals surface area contributed by atoms with Crippen molar-refractivity contribution in [2.24, 2.45) is 0 Å². The highest BCUT2D eigenvalue weighted by atomic mass is 16.3. The Morgan fingerprint density at radius 2 is 2.38 bits per heavy atom. The molecule has 2 nitrogen and oxygen atoms in total. The highest BCUT2D eigenvalue weighted by Gasteiger charge is 2.39. The largest absolute Gasteiger partial charge is 0.469 e. The molecule has 0 radical (unpaired) electrons.